The van der Waals surface area contributed by atoms with E-state index in [1.165, 1.54) is 0 Å². The Kier molecular flexibility index (Phi) is 2.95. The second-order valence-electron chi connectivity index (χ2n) is 3.69. The van der Waals surface area contributed by atoms with Crippen molar-refractivity contribution >= 4 is 21.4 Å². The summed E-state index contributed by atoms with van der Waals surface area (Å²) < 4.78 is 21.3. The molecular formula is C8H15ClO3S. The molecule has 2 atom stereocenters. The maximum Gasteiger partial charge on any atom is 0.171 e. The van der Waals surface area contributed by atoms with Crippen molar-refractivity contribution in [1.29, 1.82) is 0 Å². The van der Waals surface area contributed by atoms with Gasteiger partial charge in [-0.05, 0) is 25.2 Å². The number of alkyl halides is 1. The van der Waals surface area contributed by atoms with Crippen molar-refractivity contribution in [3.63, 3.8) is 0 Å². The molecule has 3 nitrogen and oxygen atoms in total. The first-order valence-corrected chi connectivity index (χ1v) is 6.66. The van der Waals surface area contributed by atoms with E-state index in [9.17, 15) is 13.5 Å². The average molecular weight is 227 g/mol. The zero-order chi connectivity index (χ0) is 10.3. The topological polar surface area (TPSA) is 54.4 Å². The van der Waals surface area contributed by atoms with Crippen LogP contribution in [0.15, 0.2) is 0 Å². The lowest BCUT2D eigenvalue weighted by Gasteiger charge is -2.29. The van der Waals surface area contributed by atoms with Gasteiger partial charge in [0.15, 0.2) is 14.0 Å². The smallest absolute Gasteiger partial charge is 0.171 e. The van der Waals surface area contributed by atoms with E-state index >= 15 is 0 Å². The number of hydrogen-bond acceptors (Lipinski definition) is 3. The molecule has 0 aromatic heterocycles. The summed E-state index contributed by atoms with van der Waals surface area (Å²) in [6, 6.07) is 0. The Morgan fingerprint density at radius 3 is 2.31 bits per heavy atom. The molecule has 0 bridgehead atoms. The summed E-state index contributed by atoms with van der Waals surface area (Å²) in [5.74, 6) is 0.0761. The molecule has 1 fully saturated rings. The Balaban J connectivity index is 2.91. The van der Waals surface area contributed by atoms with Crippen molar-refractivity contribution in [2.24, 2.45) is 5.92 Å². The lowest BCUT2D eigenvalue weighted by molar-refractivity contribution is 0.130. The van der Waals surface area contributed by atoms with Crippen molar-refractivity contribution in [3.05, 3.63) is 0 Å². The van der Waals surface area contributed by atoms with Crippen LogP contribution in [0.4, 0.5) is 0 Å². The molecule has 0 aromatic carbocycles. The third-order valence-electron chi connectivity index (χ3n) is 2.61. The first-order valence-electron chi connectivity index (χ1n) is 4.39. The monoisotopic (exact) mass is 226 g/mol. The van der Waals surface area contributed by atoms with Crippen LogP contribution in [-0.2, 0) is 9.84 Å². The largest absolute Gasteiger partial charge is 0.390 e. The van der Waals surface area contributed by atoms with Crippen LogP contribution in [0.25, 0.3) is 0 Å². The minimum Gasteiger partial charge on any atom is -0.390 e. The second-order valence-corrected chi connectivity index (χ2v) is 6.87. The highest BCUT2D eigenvalue weighted by Crippen LogP contribution is 2.43. The van der Waals surface area contributed by atoms with Crippen LogP contribution in [0.2, 0.25) is 0 Å². The predicted octanol–water partition coefficient (Wildman–Crippen LogP) is 1.15. The molecule has 13 heavy (non-hydrogen) atoms. The van der Waals surface area contributed by atoms with Gasteiger partial charge >= 0.3 is 0 Å². The maximum atomic E-state index is 11.4. The molecule has 0 saturated heterocycles. The van der Waals surface area contributed by atoms with Crippen molar-refractivity contribution < 1.29 is 13.5 Å². The number of halogens is 1. The van der Waals surface area contributed by atoms with Gasteiger partial charge in [-0.2, -0.15) is 0 Å². The quantitative estimate of drug-likeness (QED) is 0.732. The van der Waals surface area contributed by atoms with E-state index in [2.05, 4.69) is 0 Å². The van der Waals surface area contributed by atoms with Gasteiger partial charge in [0, 0.05) is 6.26 Å². The zero-order valence-corrected chi connectivity index (χ0v) is 9.40. The third-order valence-corrected chi connectivity index (χ3v) is 5.70. The highest BCUT2D eigenvalue weighted by Gasteiger charge is 2.50. The van der Waals surface area contributed by atoms with E-state index in [0.29, 0.717) is 0 Å². The van der Waals surface area contributed by atoms with Gasteiger partial charge < -0.3 is 5.11 Å². The van der Waals surface area contributed by atoms with E-state index < -0.39 is 20.1 Å². The molecule has 0 aliphatic heterocycles. The number of sulfone groups is 1. The summed E-state index contributed by atoms with van der Waals surface area (Å²) in [5.41, 5.74) is 0. The summed E-state index contributed by atoms with van der Waals surface area (Å²) in [4.78, 5) is 0. The fourth-order valence-corrected chi connectivity index (χ4v) is 2.79. The molecule has 1 N–H and O–H groups in total. The van der Waals surface area contributed by atoms with Gasteiger partial charge in [0.25, 0.3) is 0 Å². The molecule has 0 radical (unpaired) electrons. The van der Waals surface area contributed by atoms with Gasteiger partial charge in [-0.25, -0.2) is 8.42 Å². The molecule has 0 spiro atoms. The SMILES string of the molecule is CC[C@](Cl)([C@H](O)C1CC1)S(C)(=O)=O. The Morgan fingerprint density at radius 1 is 1.62 bits per heavy atom. The molecule has 1 saturated carbocycles. The summed E-state index contributed by atoms with van der Waals surface area (Å²) in [7, 11) is -3.40. The van der Waals surface area contributed by atoms with E-state index in [4.69, 9.17) is 11.6 Å². The number of aliphatic hydroxyl groups is 1. The standard InChI is InChI=1S/C8H15ClO3S/c1-3-8(9,13(2,11)12)7(10)6-4-5-6/h6-7,10H,3-5H2,1-2H3/t7-,8-/m1/s1. The first kappa shape index (κ1) is 11.3. The van der Waals surface area contributed by atoms with E-state index in [1.807, 2.05) is 0 Å². The molecule has 0 amide bonds. The Labute approximate surface area is 84.0 Å². The molecule has 1 aliphatic carbocycles. The van der Waals surface area contributed by atoms with Crippen LogP contribution in [0.3, 0.4) is 0 Å². The normalized spacial score (nSPS) is 25.2. The molecular weight excluding hydrogens is 212 g/mol. The Bertz CT molecular complexity index is 284. The highest BCUT2D eigenvalue weighted by molar-refractivity contribution is 7.93. The third kappa shape index (κ3) is 2.00. The fourth-order valence-electron chi connectivity index (χ4n) is 1.45. The van der Waals surface area contributed by atoms with Crippen molar-refractivity contribution in [3.8, 4) is 0 Å². The fraction of sp³-hybridized carbons (Fsp3) is 1.00. The average Bonchev–Trinajstić information content (AvgIpc) is 2.81. The molecule has 5 heteroatoms. The minimum atomic E-state index is -3.40. The van der Waals surface area contributed by atoms with Crippen LogP contribution in [0, 0.1) is 5.92 Å². The second kappa shape index (κ2) is 3.41. The Hall–Kier alpha value is 0.200. The van der Waals surface area contributed by atoms with Gasteiger partial charge in [0.2, 0.25) is 0 Å². The maximum absolute atomic E-state index is 11.4. The number of aliphatic hydroxyl groups excluding tert-OH is 1. The predicted molar refractivity (Wildman–Crippen MR) is 52.4 cm³/mol. The van der Waals surface area contributed by atoms with Crippen molar-refractivity contribution in [2.75, 3.05) is 6.26 Å². The van der Waals surface area contributed by atoms with Gasteiger partial charge in [0.05, 0.1) is 6.10 Å². The molecule has 0 unspecified atom stereocenters. The van der Waals surface area contributed by atoms with Gasteiger partial charge in [0.1, 0.15) is 0 Å². The minimum absolute atomic E-state index is 0.0761. The molecule has 1 rings (SSSR count). The first-order chi connectivity index (χ1) is 5.83. The lowest BCUT2D eigenvalue weighted by atomic mass is 10.1. The molecule has 1 aliphatic rings. The van der Waals surface area contributed by atoms with Crippen LogP contribution >= 0.6 is 11.6 Å². The van der Waals surface area contributed by atoms with E-state index in [0.717, 1.165) is 19.1 Å². The summed E-state index contributed by atoms with van der Waals surface area (Å²) >= 11 is 5.95. The number of hydrogen-bond donors (Lipinski definition) is 1. The molecule has 0 heterocycles. The molecule has 0 aromatic rings. The lowest BCUT2D eigenvalue weighted by Crippen LogP contribution is -2.44. The van der Waals surface area contributed by atoms with Crippen molar-refractivity contribution in [1.82, 2.24) is 0 Å². The van der Waals surface area contributed by atoms with Gasteiger partial charge in [-0.15, -0.1) is 0 Å². The summed E-state index contributed by atoms with van der Waals surface area (Å²) in [6.45, 7) is 1.68. The zero-order valence-electron chi connectivity index (χ0n) is 7.83. The number of rotatable bonds is 4. The Morgan fingerprint density at radius 2 is 2.08 bits per heavy atom. The summed E-state index contributed by atoms with van der Waals surface area (Å²) in [6.07, 6.45) is 2.16. The van der Waals surface area contributed by atoms with Crippen LogP contribution < -0.4 is 0 Å². The summed E-state index contributed by atoms with van der Waals surface area (Å²) in [5, 5.41) is 9.73. The van der Waals surface area contributed by atoms with Crippen molar-refractivity contribution in [2.45, 2.75) is 36.5 Å². The van der Waals surface area contributed by atoms with Crippen LogP contribution in [0.5, 0.6) is 0 Å². The highest BCUT2D eigenvalue weighted by atomic mass is 35.5. The van der Waals surface area contributed by atoms with E-state index in [-0.39, 0.29) is 12.3 Å². The van der Waals surface area contributed by atoms with Gasteiger partial charge in [-0.1, -0.05) is 18.5 Å². The van der Waals surface area contributed by atoms with Gasteiger partial charge in [-0.3, -0.25) is 0 Å². The molecule has 78 valence electrons. The van der Waals surface area contributed by atoms with Crippen LogP contribution in [-0.4, -0.2) is 30.1 Å². The van der Waals surface area contributed by atoms with Crippen LogP contribution in [0.1, 0.15) is 26.2 Å². The van der Waals surface area contributed by atoms with E-state index in [1.54, 1.807) is 6.92 Å².